The van der Waals surface area contributed by atoms with E-state index in [0.29, 0.717) is 12.1 Å². The van der Waals surface area contributed by atoms with Crippen molar-refractivity contribution in [2.24, 2.45) is 0 Å². The number of pyridine rings is 1. The third kappa shape index (κ3) is 3.52. The molecule has 0 bridgehead atoms. The Morgan fingerprint density at radius 1 is 1.43 bits per heavy atom. The molecule has 0 saturated carbocycles. The number of hydrogen-bond donors (Lipinski definition) is 1. The summed E-state index contributed by atoms with van der Waals surface area (Å²) in [5.41, 5.74) is 1.39. The summed E-state index contributed by atoms with van der Waals surface area (Å²) in [5, 5.41) is 14.5. The molecule has 1 aromatic heterocycles. The molecule has 0 spiro atoms. The molecule has 0 radical (unpaired) electrons. The summed E-state index contributed by atoms with van der Waals surface area (Å²) in [6.45, 7) is 2.58. The van der Waals surface area contributed by atoms with Gasteiger partial charge in [0.05, 0.1) is 4.92 Å². The average Bonchev–Trinajstić information content (AvgIpc) is 2.56. The van der Waals surface area contributed by atoms with Crippen LogP contribution in [0.5, 0.6) is 0 Å². The van der Waals surface area contributed by atoms with Gasteiger partial charge in [0.2, 0.25) is 0 Å². The van der Waals surface area contributed by atoms with Crippen molar-refractivity contribution in [2.45, 2.75) is 12.6 Å². The molecular formula is C16H17FN4O2. The van der Waals surface area contributed by atoms with E-state index in [-0.39, 0.29) is 11.7 Å². The van der Waals surface area contributed by atoms with E-state index >= 15 is 0 Å². The molecule has 2 aromatic rings. The average molecular weight is 316 g/mol. The van der Waals surface area contributed by atoms with E-state index in [1.54, 1.807) is 12.4 Å². The molecule has 0 amide bonds. The van der Waals surface area contributed by atoms with Crippen molar-refractivity contribution in [1.29, 1.82) is 0 Å². The van der Waals surface area contributed by atoms with Crippen LogP contribution in [0.3, 0.4) is 0 Å². The second-order valence-corrected chi connectivity index (χ2v) is 5.51. The van der Waals surface area contributed by atoms with Gasteiger partial charge in [0.15, 0.2) is 0 Å². The van der Waals surface area contributed by atoms with Crippen molar-refractivity contribution in [3.05, 3.63) is 69.8 Å². The summed E-state index contributed by atoms with van der Waals surface area (Å²) in [7, 11) is 0. The van der Waals surface area contributed by atoms with Gasteiger partial charge in [-0.3, -0.25) is 20.0 Å². The van der Waals surface area contributed by atoms with Crippen LogP contribution in [0, 0.1) is 15.9 Å². The quantitative estimate of drug-likeness (QED) is 0.692. The first-order valence-corrected chi connectivity index (χ1v) is 7.42. The predicted octanol–water partition coefficient (Wildman–Crippen LogP) is 2.28. The lowest BCUT2D eigenvalue weighted by Crippen LogP contribution is -2.45. The fourth-order valence-electron chi connectivity index (χ4n) is 2.92. The Hall–Kier alpha value is -2.38. The number of piperazine rings is 1. The van der Waals surface area contributed by atoms with E-state index in [1.165, 1.54) is 12.1 Å². The number of nitrogens with one attached hydrogen (secondary N) is 1. The molecule has 6 nitrogen and oxygen atoms in total. The molecule has 1 saturated heterocycles. The Labute approximate surface area is 133 Å². The number of hydrogen-bond acceptors (Lipinski definition) is 5. The first-order chi connectivity index (χ1) is 11.1. The molecule has 120 valence electrons. The minimum Gasteiger partial charge on any atom is -0.314 e. The molecule has 1 unspecified atom stereocenters. The van der Waals surface area contributed by atoms with Gasteiger partial charge in [-0.05, 0) is 23.8 Å². The van der Waals surface area contributed by atoms with Crippen LogP contribution >= 0.6 is 0 Å². The van der Waals surface area contributed by atoms with Gasteiger partial charge in [0, 0.05) is 56.2 Å². The smallest absolute Gasteiger partial charge is 0.274 e. The lowest BCUT2D eigenvalue weighted by atomic mass is 10.0. The molecule has 1 N–H and O–H groups in total. The maximum atomic E-state index is 13.5. The van der Waals surface area contributed by atoms with E-state index < -0.39 is 10.7 Å². The summed E-state index contributed by atoms with van der Waals surface area (Å²) < 4.78 is 13.5. The normalized spacial score (nSPS) is 18.7. The molecule has 1 fully saturated rings. The highest BCUT2D eigenvalue weighted by atomic mass is 19.1. The highest BCUT2D eigenvalue weighted by Gasteiger charge is 2.26. The zero-order chi connectivity index (χ0) is 16.2. The van der Waals surface area contributed by atoms with Gasteiger partial charge in [0.25, 0.3) is 5.69 Å². The van der Waals surface area contributed by atoms with Crippen LogP contribution in [0.2, 0.25) is 0 Å². The van der Waals surface area contributed by atoms with Crippen LogP contribution in [0.15, 0.2) is 42.7 Å². The molecule has 0 aliphatic carbocycles. The van der Waals surface area contributed by atoms with Crippen LogP contribution in [-0.4, -0.2) is 34.4 Å². The van der Waals surface area contributed by atoms with Crippen LogP contribution in [0.25, 0.3) is 0 Å². The molecule has 1 aliphatic heterocycles. The number of nitro groups is 1. The van der Waals surface area contributed by atoms with Gasteiger partial charge < -0.3 is 5.32 Å². The molecule has 1 aromatic carbocycles. The SMILES string of the molecule is O=[N+]([O-])c1ccc(F)cc1CN1CCNCC1c1cccnc1. The Kier molecular flexibility index (Phi) is 4.59. The number of halogens is 1. The number of nitrogens with zero attached hydrogens (tertiary/aromatic N) is 3. The zero-order valence-corrected chi connectivity index (χ0v) is 12.5. The monoisotopic (exact) mass is 316 g/mol. The van der Waals surface area contributed by atoms with Crippen molar-refractivity contribution in [1.82, 2.24) is 15.2 Å². The van der Waals surface area contributed by atoms with Gasteiger partial charge >= 0.3 is 0 Å². The van der Waals surface area contributed by atoms with Crippen molar-refractivity contribution < 1.29 is 9.31 Å². The topological polar surface area (TPSA) is 71.3 Å². The van der Waals surface area contributed by atoms with Crippen molar-refractivity contribution >= 4 is 5.69 Å². The Bertz CT molecular complexity index is 696. The fraction of sp³-hybridized carbons (Fsp3) is 0.312. The van der Waals surface area contributed by atoms with Gasteiger partial charge in [-0.1, -0.05) is 6.07 Å². The molecule has 1 atom stereocenters. The van der Waals surface area contributed by atoms with Crippen LogP contribution in [-0.2, 0) is 6.54 Å². The Morgan fingerprint density at radius 3 is 3.04 bits per heavy atom. The van der Waals surface area contributed by atoms with Gasteiger partial charge in [-0.25, -0.2) is 4.39 Å². The largest absolute Gasteiger partial charge is 0.314 e. The van der Waals surface area contributed by atoms with Gasteiger partial charge in [0.1, 0.15) is 5.82 Å². The summed E-state index contributed by atoms with van der Waals surface area (Å²) in [5.74, 6) is -0.460. The zero-order valence-electron chi connectivity index (χ0n) is 12.5. The molecule has 23 heavy (non-hydrogen) atoms. The lowest BCUT2D eigenvalue weighted by Gasteiger charge is -2.36. The summed E-state index contributed by atoms with van der Waals surface area (Å²) in [6, 6.07) is 7.51. The predicted molar refractivity (Wildman–Crippen MR) is 83.3 cm³/mol. The fourth-order valence-corrected chi connectivity index (χ4v) is 2.92. The third-order valence-corrected chi connectivity index (χ3v) is 4.04. The minimum atomic E-state index is -0.462. The van der Waals surface area contributed by atoms with Crippen molar-refractivity contribution in [3.63, 3.8) is 0 Å². The lowest BCUT2D eigenvalue weighted by molar-refractivity contribution is -0.385. The third-order valence-electron chi connectivity index (χ3n) is 4.04. The maximum absolute atomic E-state index is 13.5. The van der Waals surface area contributed by atoms with E-state index in [1.807, 2.05) is 12.1 Å². The molecule has 3 rings (SSSR count). The van der Waals surface area contributed by atoms with E-state index in [2.05, 4.69) is 15.2 Å². The van der Waals surface area contributed by atoms with E-state index in [4.69, 9.17) is 0 Å². The van der Waals surface area contributed by atoms with Crippen LogP contribution in [0.1, 0.15) is 17.2 Å². The van der Waals surface area contributed by atoms with Crippen LogP contribution < -0.4 is 5.32 Å². The molecule has 2 heterocycles. The van der Waals surface area contributed by atoms with Crippen LogP contribution in [0.4, 0.5) is 10.1 Å². The van der Waals surface area contributed by atoms with Gasteiger partial charge in [-0.2, -0.15) is 0 Å². The first kappa shape index (κ1) is 15.5. The highest BCUT2D eigenvalue weighted by molar-refractivity contribution is 5.40. The number of aromatic nitrogens is 1. The van der Waals surface area contributed by atoms with E-state index in [9.17, 15) is 14.5 Å². The van der Waals surface area contributed by atoms with Crippen molar-refractivity contribution in [3.8, 4) is 0 Å². The Balaban J connectivity index is 1.88. The summed E-state index contributed by atoms with van der Waals surface area (Å²) >= 11 is 0. The number of rotatable bonds is 4. The number of nitro benzene ring substituents is 1. The second-order valence-electron chi connectivity index (χ2n) is 5.51. The summed E-state index contributed by atoms with van der Waals surface area (Å²) in [6.07, 6.45) is 3.51. The standard InChI is InChI=1S/C16H17FN4O2/c17-14-3-4-15(21(22)23)13(8-14)11-20-7-6-19-10-16(20)12-2-1-5-18-9-12/h1-5,8-9,16,19H,6-7,10-11H2. The molecule has 7 heteroatoms. The Morgan fingerprint density at radius 2 is 2.30 bits per heavy atom. The van der Waals surface area contributed by atoms with E-state index in [0.717, 1.165) is 31.3 Å². The number of benzene rings is 1. The van der Waals surface area contributed by atoms with Crippen molar-refractivity contribution in [2.75, 3.05) is 19.6 Å². The molecule has 1 aliphatic rings. The first-order valence-electron chi connectivity index (χ1n) is 7.42. The second kappa shape index (κ2) is 6.80. The summed E-state index contributed by atoms with van der Waals surface area (Å²) in [4.78, 5) is 17.0. The molecular weight excluding hydrogens is 299 g/mol. The highest BCUT2D eigenvalue weighted by Crippen LogP contribution is 2.27. The van der Waals surface area contributed by atoms with Gasteiger partial charge in [-0.15, -0.1) is 0 Å². The maximum Gasteiger partial charge on any atom is 0.274 e. The minimum absolute atomic E-state index is 0.0464.